The van der Waals surface area contributed by atoms with Crippen molar-refractivity contribution in [2.45, 2.75) is 26.3 Å². The summed E-state index contributed by atoms with van der Waals surface area (Å²) in [5.74, 6) is -0.157. The standard InChI is InChI=1S/C21H18N2O3/c1-13-7-9-15(10-8-13)19-12-18(22-23(19)14(2)24)17-11-16-5-3-4-6-20(16)26-21(17)25/h3-11,19H,12H2,1-2H3/t19-/m0/s1. The summed E-state index contributed by atoms with van der Waals surface area (Å²) in [6, 6.07) is 16.9. The summed E-state index contributed by atoms with van der Waals surface area (Å²) in [6.07, 6.45) is 0.478. The van der Waals surface area contributed by atoms with Crippen LogP contribution in [0.3, 0.4) is 0 Å². The maximum atomic E-state index is 12.4. The van der Waals surface area contributed by atoms with E-state index in [0.717, 1.165) is 16.5 Å². The summed E-state index contributed by atoms with van der Waals surface area (Å²) in [7, 11) is 0. The number of nitrogens with zero attached hydrogens (tertiary/aromatic N) is 2. The average molecular weight is 346 g/mol. The van der Waals surface area contributed by atoms with E-state index in [0.29, 0.717) is 23.3 Å². The minimum Gasteiger partial charge on any atom is -0.422 e. The smallest absolute Gasteiger partial charge is 0.345 e. The number of amides is 1. The molecule has 5 nitrogen and oxygen atoms in total. The third kappa shape index (κ3) is 2.81. The molecule has 5 heteroatoms. The zero-order valence-electron chi connectivity index (χ0n) is 14.6. The van der Waals surface area contributed by atoms with E-state index in [1.165, 1.54) is 11.9 Å². The van der Waals surface area contributed by atoms with Gasteiger partial charge in [0.1, 0.15) is 5.58 Å². The van der Waals surface area contributed by atoms with Crippen LogP contribution in [0.15, 0.2) is 68.9 Å². The van der Waals surface area contributed by atoms with Gasteiger partial charge >= 0.3 is 5.63 Å². The van der Waals surface area contributed by atoms with Crippen LogP contribution < -0.4 is 5.63 Å². The van der Waals surface area contributed by atoms with Crippen LogP contribution in [0.2, 0.25) is 0 Å². The zero-order chi connectivity index (χ0) is 18.3. The SMILES string of the molecule is CC(=O)N1N=C(c2cc3ccccc3oc2=O)C[C@H]1c1ccc(C)cc1. The van der Waals surface area contributed by atoms with E-state index in [1.807, 2.05) is 49.4 Å². The summed E-state index contributed by atoms with van der Waals surface area (Å²) in [5, 5.41) is 6.73. The van der Waals surface area contributed by atoms with Crippen molar-refractivity contribution in [1.82, 2.24) is 5.01 Å². The number of hydrogen-bond donors (Lipinski definition) is 0. The quantitative estimate of drug-likeness (QED) is 0.663. The minimum atomic E-state index is -0.435. The Morgan fingerprint density at radius 1 is 1.15 bits per heavy atom. The van der Waals surface area contributed by atoms with Crippen molar-refractivity contribution < 1.29 is 9.21 Å². The highest BCUT2D eigenvalue weighted by Crippen LogP contribution is 2.32. The van der Waals surface area contributed by atoms with Crippen molar-refractivity contribution in [3.63, 3.8) is 0 Å². The van der Waals surface area contributed by atoms with E-state index in [9.17, 15) is 9.59 Å². The number of hydrazone groups is 1. The van der Waals surface area contributed by atoms with Crippen molar-refractivity contribution in [3.8, 4) is 0 Å². The largest absolute Gasteiger partial charge is 0.422 e. The van der Waals surface area contributed by atoms with E-state index in [2.05, 4.69) is 5.10 Å². The van der Waals surface area contributed by atoms with Gasteiger partial charge in [0.15, 0.2) is 0 Å². The zero-order valence-corrected chi connectivity index (χ0v) is 14.6. The van der Waals surface area contributed by atoms with Crippen molar-refractivity contribution in [1.29, 1.82) is 0 Å². The molecule has 0 unspecified atom stereocenters. The molecule has 26 heavy (non-hydrogen) atoms. The molecule has 2 aromatic carbocycles. The summed E-state index contributed by atoms with van der Waals surface area (Å²) in [5.41, 5.74) is 3.23. The van der Waals surface area contributed by atoms with Crippen LogP contribution in [0.5, 0.6) is 0 Å². The van der Waals surface area contributed by atoms with E-state index < -0.39 is 5.63 Å². The fraction of sp³-hybridized carbons (Fsp3) is 0.190. The van der Waals surface area contributed by atoms with Crippen LogP contribution >= 0.6 is 0 Å². The van der Waals surface area contributed by atoms with Gasteiger partial charge in [0.05, 0.1) is 17.3 Å². The lowest BCUT2D eigenvalue weighted by Gasteiger charge is -2.20. The highest BCUT2D eigenvalue weighted by Gasteiger charge is 2.32. The van der Waals surface area contributed by atoms with Gasteiger partial charge in [-0.3, -0.25) is 4.79 Å². The van der Waals surface area contributed by atoms with Crippen molar-refractivity contribution in [2.75, 3.05) is 0 Å². The molecule has 1 aliphatic rings. The number of carbonyl (C=O) groups excluding carboxylic acids is 1. The number of fused-ring (bicyclic) bond motifs is 1. The fourth-order valence-electron chi connectivity index (χ4n) is 3.27. The predicted molar refractivity (Wildman–Crippen MR) is 100 cm³/mol. The number of aryl methyl sites for hydroxylation is 1. The van der Waals surface area contributed by atoms with Gasteiger partial charge in [-0.15, -0.1) is 0 Å². The highest BCUT2D eigenvalue weighted by molar-refractivity contribution is 6.04. The van der Waals surface area contributed by atoms with E-state index in [1.54, 1.807) is 12.1 Å². The second kappa shape index (κ2) is 6.26. The van der Waals surface area contributed by atoms with Crippen molar-refractivity contribution >= 4 is 22.6 Å². The van der Waals surface area contributed by atoms with E-state index >= 15 is 0 Å². The molecule has 0 fully saturated rings. The Bertz CT molecular complexity index is 1080. The first kappa shape index (κ1) is 16.3. The Morgan fingerprint density at radius 3 is 2.62 bits per heavy atom. The molecule has 0 spiro atoms. The lowest BCUT2D eigenvalue weighted by Crippen LogP contribution is -2.24. The molecular weight excluding hydrogens is 328 g/mol. The third-order valence-corrected chi connectivity index (χ3v) is 4.65. The van der Waals surface area contributed by atoms with Crippen LogP contribution in [-0.2, 0) is 4.79 Å². The van der Waals surface area contributed by atoms with Gasteiger partial charge in [0, 0.05) is 18.7 Å². The van der Waals surface area contributed by atoms with E-state index in [-0.39, 0.29) is 11.9 Å². The maximum Gasteiger partial charge on any atom is 0.345 e. The first-order chi connectivity index (χ1) is 12.5. The van der Waals surface area contributed by atoms with Crippen molar-refractivity contribution in [3.05, 3.63) is 81.7 Å². The number of rotatable bonds is 2. The summed E-state index contributed by atoms with van der Waals surface area (Å²) in [4.78, 5) is 24.5. The summed E-state index contributed by atoms with van der Waals surface area (Å²) in [6.45, 7) is 3.50. The van der Waals surface area contributed by atoms with Crippen LogP contribution in [0.1, 0.15) is 36.1 Å². The summed E-state index contributed by atoms with van der Waals surface area (Å²) < 4.78 is 5.42. The van der Waals surface area contributed by atoms with E-state index in [4.69, 9.17) is 4.42 Å². The van der Waals surface area contributed by atoms with Crippen LogP contribution in [0.4, 0.5) is 0 Å². The molecule has 2 heterocycles. The maximum absolute atomic E-state index is 12.4. The van der Waals surface area contributed by atoms with Gasteiger partial charge in [0.2, 0.25) is 5.91 Å². The van der Waals surface area contributed by atoms with Gasteiger partial charge in [-0.1, -0.05) is 48.0 Å². The van der Waals surface area contributed by atoms with Gasteiger partial charge in [-0.25, -0.2) is 9.80 Å². The molecule has 0 radical (unpaired) electrons. The number of benzene rings is 2. The molecule has 0 N–H and O–H groups in total. The Labute approximate surface area is 150 Å². The molecular formula is C21H18N2O3. The van der Waals surface area contributed by atoms with Crippen LogP contribution in [-0.4, -0.2) is 16.6 Å². The summed E-state index contributed by atoms with van der Waals surface area (Å²) >= 11 is 0. The molecule has 1 aromatic heterocycles. The molecule has 130 valence electrons. The van der Waals surface area contributed by atoms with Gasteiger partial charge in [0.25, 0.3) is 0 Å². The molecule has 1 amide bonds. The normalized spacial score (nSPS) is 16.8. The molecule has 0 saturated heterocycles. The second-order valence-corrected chi connectivity index (χ2v) is 6.53. The van der Waals surface area contributed by atoms with Gasteiger partial charge in [-0.05, 0) is 24.6 Å². The Morgan fingerprint density at radius 2 is 1.88 bits per heavy atom. The van der Waals surface area contributed by atoms with Crippen molar-refractivity contribution in [2.24, 2.45) is 5.10 Å². The molecule has 3 aromatic rings. The number of para-hydroxylation sites is 1. The second-order valence-electron chi connectivity index (χ2n) is 6.53. The lowest BCUT2D eigenvalue weighted by molar-refractivity contribution is -0.130. The molecule has 1 aliphatic heterocycles. The average Bonchev–Trinajstić information content (AvgIpc) is 3.07. The molecule has 0 saturated carbocycles. The number of hydrogen-bond acceptors (Lipinski definition) is 4. The molecule has 0 bridgehead atoms. The Kier molecular flexibility index (Phi) is 3.92. The first-order valence-electron chi connectivity index (χ1n) is 8.50. The first-order valence-corrected chi connectivity index (χ1v) is 8.50. The highest BCUT2D eigenvalue weighted by atomic mass is 16.4. The fourth-order valence-corrected chi connectivity index (χ4v) is 3.27. The minimum absolute atomic E-state index is 0.157. The topological polar surface area (TPSA) is 62.9 Å². The Balaban J connectivity index is 1.77. The Hall–Kier alpha value is -3.21. The van der Waals surface area contributed by atoms with Gasteiger partial charge < -0.3 is 4.42 Å². The third-order valence-electron chi connectivity index (χ3n) is 4.65. The lowest BCUT2D eigenvalue weighted by atomic mass is 9.98. The number of carbonyl (C=O) groups is 1. The molecule has 1 atom stereocenters. The molecule has 4 rings (SSSR count). The monoisotopic (exact) mass is 346 g/mol. The van der Waals surface area contributed by atoms with Crippen LogP contribution in [0.25, 0.3) is 11.0 Å². The molecule has 0 aliphatic carbocycles. The van der Waals surface area contributed by atoms with Gasteiger partial charge in [-0.2, -0.15) is 5.10 Å². The predicted octanol–water partition coefficient (Wildman–Crippen LogP) is 3.80. The van der Waals surface area contributed by atoms with Crippen LogP contribution in [0, 0.1) is 6.92 Å².